The van der Waals surface area contributed by atoms with Crippen molar-refractivity contribution in [3.8, 4) is 0 Å². The third-order valence-electron chi connectivity index (χ3n) is 2.76. The fraction of sp³-hybridized carbons (Fsp3) is 0.143. The molecule has 0 aromatic heterocycles. The van der Waals surface area contributed by atoms with Crippen LogP contribution in [0.2, 0.25) is 5.02 Å². The van der Waals surface area contributed by atoms with E-state index in [0.29, 0.717) is 11.1 Å². The molecule has 0 radical (unpaired) electrons. The maximum Gasteiger partial charge on any atom is 0.142 e. The summed E-state index contributed by atoms with van der Waals surface area (Å²) >= 11 is 5.81. The number of nitrogens with two attached hydrogens (primary N) is 1. The molecule has 0 aliphatic heterocycles. The second kappa shape index (κ2) is 5.63. The monoisotopic (exact) mass is 285 g/mol. The largest absolute Gasteiger partial charge is 0.324 e. The van der Waals surface area contributed by atoms with E-state index in [1.807, 2.05) is 0 Å². The lowest BCUT2D eigenvalue weighted by Gasteiger charge is -2.14. The summed E-state index contributed by atoms with van der Waals surface area (Å²) < 4.78 is 39.4. The third kappa shape index (κ3) is 3.28. The highest BCUT2D eigenvalue weighted by Gasteiger charge is 2.14. The Labute approximate surface area is 113 Å². The van der Waals surface area contributed by atoms with Gasteiger partial charge in [0.1, 0.15) is 17.5 Å². The lowest BCUT2D eigenvalue weighted by atomic mass is 9.99. The molecule has 0 aliphatic rings. The molecule has 0 fully saturated rings. The molecule has 2 aromatic rings. The molecule has 2 N–H and O–H groups in total. The molecule has 19 heavy (non-hydrogen) atoms. The lowest BCUT2D eigenvalue weighted by molar-refractivity contribution is 0.575. The average molecular weight is 286 g/mol. The van der Waals surface area contributed by atoms with Gasteiger partial charge in [-0.15, -0.1) is 0 Å². The van der Waals surface area contributed by atoms with Crippen molar-refractivity contribution >= 4 is 11.6 Å². The van der Waals surface area contributed by atoms with E-state index in [2.05, 4.69) is 0 Å². The van der Waals surface area contributed by atoms with Crippen LogP contribution in [0.15, 0.2) is 36.4 Å². The first-order valence-corrected chi connectivity index (χ1v) is 5.99. The molecule has 100 valence electrons. The zero-order valence-corrected chi connectivity index (χ0v) is 10.6. The van der Waals surface area contributed by atoms with Gasteiger partial charge in [0.2, 0.25) is 0 Å². The molecule has 5 heteroatoms. The predicted octanol–water partition coefficient (Wildman–Crippen LogP) is 4.00. The molecule has 1 nitrogen and oxygen atoms in total. The normalized spacial score (nSPS) is 12.5. The van der Waals surface area contributed by atoms with Crippen LogP contribution in [0.25, 0.3) is 0 Å². The van der Waals surface area contributed by atoms with E-state index in [1.54, 1.807) is 6.07 Å². The number of halogens is 4. The minimum absolute atomic E-state index is 0.0631. The van der Waals surface area contributed by atoms with Gasteiger partial charge in [-0.3, -0.25) is 0 Å². The van der Waals surface area contributed by atoms with Gasteiger partial charge in [-0.05, 0) is 35.7 Å². The van der Waals surface area contributed by atoms with Gasteiger partial charge < -0.3 is 5.73 Å². The van der Waals surface area contributed by atoms with E-state index in [4.69, 9.17) is 17.3 Å². The van der Waals surface area contributed by atoms with Crippen molar-refractivity contribution in [2.75, 3.05) is 0 Å². The van der Waals surface area contributed by atoms with Gasteiger partial charge in [0.15, 0.2) is 0 Å². The Hall–Kier alpha value is -1.52. The summed E-state index contributed by atoms with van der Waals surface area (Å²) in [4.78, 5) is 0. The molecule has 0 spiro atoms. The van der Waals surface area contributed by atoms with Crippen molar-refractivity contribution < 1.29 is 13.2 Å². The summed E-state index contributed by atoms with van der Waals surface area (Å²) in [5, 5.41) is -0.0631. The van der Waals surface area contributed by atoms with Crippen LogP contribution in [0.1, 0.15) is 17.2 Å². The van der Waals surface area contributed by atoms with Gasteiger partial charge in [-0.25, -0.2) is 13.2 Å². The van der Waals surface area contributed by atoms with E-state index >= 15 is 0 Å². The molecule has 1 atom stereocenters. The van der Waals surface area contributed by atoms with Gasteiger partial charge >= 0.3 is 0 Å². The van der Waals surface area contributed by atoms with Crippen molar-refractivity contribution in [1.82, 2.24) is 0 Å². The summed E-state index contributed by atoms with van der Waals surface area (Å²) in [5.74, 6) is -1.92. The maximum absolute atomic E-state index is 13.3. The Kier molecular flexibility index (Phi) is 4.12. The minimum Gasteiger partial charge on any atom is -0.324 e. The quantitative estimate of drug-likeness (QED) is 0.906. The SMILES string of the molecule is NC(Cc1cc(F)cc(F)c1)c1cccc(F)c1Cl. The first-order chi connectivity index (χ1) is 8.97. The predicted molar refractivity (Wildman–Crippen MR) is 68.4 cm³/mol. The Balaban J connectivity index is 2.25. The highest BCUT2D eigenvalue weighted by Crippen LogP contribution is 2.26. The molecular formula is C14H11ClF3N. The molecule has 0 saturated heterocycles. The van der Waals surface area contributed by atoms with Crippen LogP contribution in [-0.4, -0.2) is 0 Å². The molecular weight excluding hydrogens is 275 g/mol. The van der Waals surface area contributed by atoms with E-state index in [-0.39, 0.29) is 11.4 Å². The molecule has 0 bridgehead atoms. The summed E-state index contributed by atoms with van der Waals surface area (Å²) in [6, 6.07) is 6.83. The highest BCUT2D eigenvalue weighted by molar-refractivity contribution is 6.31. The topological polar surface area (TPSA) is 26.0 Å². The Morgan fingerprint density at radius 2 is 1.68 bits per heavy atom. The molecule has 0 amide bonds. The van der Waals surface area contributed by atoms with E-state index < -0.39 is 23.5 Å². The van der Waals surface area contributed by atoms with Crippen molar-refractivity contribution in [3.63, 3.8) is 0 Å². The number of benzene rings is 2. The van der Waals surface area contributed by atoms with Crippen LogP contribution >= 0.6 is 11.6 Å². The Morgan fingerprint density at radius 1 is 1.05 bits per heavy atom. The van der Waals surface area contributed by atoms with Crippen LogP contribution in [-0.2, 0) is 6.42 Å². The Morgan fingerprint density at radius 3 is 2.32 bits per heavy atom. The van der Waals surface area contributed by atoms with Gasteiger partial charge in [0.25, 0.3) is 0 Å². The molecule has 1 unspecified atom stereocenters. The second-order valence-corrected chi connectivity index (χ2v) is 4.61. The van der Waals surface area contributed by atoms with E-state index in [9.17, 15) is 13.2 Å². The summed E-state index contributed by atoms with van der Waals surface area (Å²) in [7, 11) is 0. The first-order valence-electron chi connectivity index (χ1n) is 5.62. The zero-order chi connectivity index (χ0) is 14.0. The van der Waals surface area contributed by atoms with Crippen molar-refractivity contribution in [2.45, 2.75) is 12.5 Å². The van der Waals surface area contributed by atoms with Gasteiger partial charge in [0.05, 0.1) is 5.02 Å². The summed E-state index contributed by atoms with van der Waals surface area (Å²) in [6.45, 7) is 0. The number of hydrogen-bond acceptors (Lipinski definition) is 1. The van der Waals surface area contributed by atoms with Gasteiger partial charge in [-0.1, -0.05) is 23.7 Å². The standard InChI is InChI=1S/C14H11ClF3N/c15-14-11(2-1-3-12(14)18)13(19)6-8-4-9(16)7-10(17)5-8/h1-5,7,13H,6,19H2. The fourth-order valence-electron chi connectivity index (χ4n) is 1.90. The third-order valence-corrected chi connectivity index (χ3v) is 3.16. The molecule has 0 aliphatic carbocycles. The van der Waals surface area contributed by atoms with Crippen molar-refractivity contribution in [2.24, 2.45) is 5.73 Å². The van der Waals surface area contributed by atoms with Crippen molar-refractivity contribution in [3.05, 3.63) is 70.0 Å². The number of rotatable bonds is 3. The average Bonchev–Trinajstić information content (AvgIpc) is 2.31. The first kappa shape index (κ1) is 13.9. The van der Waals surface area contributed by atoms with Crippen LogP contribution in [0.4, 0.5) is 13.2 Å². The van der Waals surface area contributed by atoms with E-state index in [0.717, 1.165) is 6.07 Å². The second-order valence-electron chi connectivity index (χ2n) is 4.23. The molecule has 2 aromatic carbocycles. The molecule has 2 rings (SSSR count). The van der Waals surface area contributed by atoms with E-state index in [1.165, 1.54) is 24.3 Å². The lowest BCUT2D eigenvalue weighted by Crippen LogP contribution is -2.14. The van der Waals surface area contributed by atoms with Crippen LogP contribution in [0.3, 0.4) is 0 Å². The molecule has 0 saturated carbocycles. The highest BCUT2D eigenvalue weighted by atomic mass is 35.5. The smallest absolute Gasteiger partial charge is 0.142 e. The molecule has 0 heterocycles. The van der Waals surface area contributed by atoms with Gasteiger partial charge in [-0.2, -0.15) is 0 Å². The van der Waals surface area contributed by atoms with Gasteiger partial charge in [0, 0.05) is 12.1 Å². The minimum atomic E-state index is -0.674. The summed E-state index contributed by atoms with van der Waals surface area (Å²) in [5.41, 5.74) is 6.70. The van der Waals surface area contributed by atoms with Crippen LogP contribution < -0.4 is 5.73 Å². The maximum atomic E-state index is 13.3. The van der Waals surface area contributed by atoms with Crippen molar-refractivity contribution in [1.29, 1.82) is 0 Å². The number of hydrogen-bond donors (Lipinski definition) is 1. The summed E-state index contributed by atoms with van der Waals surface area (Å²) in [6.07, 6.45) is 0.165. The Bertz CT molecular complexity index is 581. The van der Waals surface area contributed by atoms with Crippen LogP contribution in [0, 0.1) is 17.5 Å². The van der Waals surface area contributed by atoms with Crippen LogP contribution in [0.5, 0.6) is 0 Å². The zero-order valence-electron chi connectivity index (χ0n) is 9.84. The fourth-order valence-corrected chi connectivity index (χ4v) is 2.17.